The predicted molar refractivity (Wildman–Crippen MR) is 106 cm³/mol. The number of anilines is 1. The smallest absolute Gasteiger partial charge is 0.262 e. The largest absolute Gasteiger partial charge is 0.484 e. The van der Waals surface area contributed by atoms with Crippen LogP contribution < -0.4 is 10.1 Å². The van der Waals surface area contributed by atoms with Crippen LogP contribution in [0.2, 0.25) is 5.02 Å². The van der Waals surface area contributed by atoms with Crippen molar-refractivity contribution in [2.24, 2.45) is 0 Å². The number of benzene rings is 2. The van der Waals surface area contributed by atoms with E-state index in [0.29, 0.717) is 22.0 Å². The molecule has 0 saturated carbocycles. The molecule has 1 aliphatic heterocycles. The van der Waals surface area contributed by atoms with Crippen LogP contribution in [0.5, 0.6) is 5.75 Å². The van der Waals surface area contributed by atoms with Crippen molar-refractivity contribution >= 4 is 29.1 Å². The van der Waals surface area contributed by atoms with Crippen LogP contribution in [-0.4, -0.2) is 36.4 Å². The van der Waals surface area contributed by atoms with Gasteiger partial charge in [-0.3, -0.25) is 9.59 Å². The molecule has 0 aliphatic carbocycles. The number of carbonyl (C=O) groups excluding carboxylic acids is 2. The first-order valence-corrected chi connectivity index (χ1v) is 9.57. The molecule has 142 valence electrons. The Morgan fingerprint density at radius 1 is 0.926 bits per heavy atom. The topological polar surface area (TPSA) is 58.6 Å². The minimum atomic E-state index is -0.267. The molecule has 1 aliphatic rings. The first kappa shape index (κ1) is 19.2. The van der Waals surface area contributed by atoms with Crippen LogP contribution >= 0.6 is 11.6 Å². The Kier molecular flexibility index (Phi) is 6.71. The molecule has 3 rings (SSSR count). The van der Waals surface area contributed by atoms with Gasteiger partial charge in [-0.15, -0.1) is 0 Å². The van der Waals surface area contributed by atoms with Crippen molar-refractivity contribution in [3.63, 3.8) is 0 Å². The molecule has 1 heterocycles. The lowest BCUT2D eigenvalue weighted by Gasteiger charge is -2.20. The van der Waals surface area contributed by atoms with E-state index in [2.05, 4.69) is 5.32 Å². The van der Waals surface area contributed by atoms with Gasteiger partial charge in [-0.2, -0.15) is 0 Å². The van der Waals surface area contributed by atoms with Crippen LogP contribution in [0.15, 0.2) is 48.5 Å². The van der Waals surface area contributed by atoms with Gasteiger partial charge in [0.2, 0.25) is 0 Å². The fraction of sp³-hybridized carbons (Fsp3) is 0.333. The number of likely N-dealkylation sites (tertiary alicyclic amines) is 1. The Bertz CT molecular complexity index is 767. The summed E-state index contributed by atoms with van der Waals surface area (Å²) in [6.07, 6.45) is 4.50. The molecule has 1 saturated heterocycles. The summed E-state index contributed by atoms with van der Waals surface area (Å²) in [5.74, 6) is 0.366. The first-order chi connectivity index (χ1) is 13.1. The molecule has 2 aromatic rings. The van der Waals surface area contributed by atoms with Gasteiger partial charge in [0.15, 0.2) is 6.61 Å². The predicted octanol–water partition coefficient (Wildman–Crippen LogP) is 4.37. The van der Waals surface area contributed by atoms with Crippen molar-refractivity contribution in [3.8, 4) is 5.75 Å². The molecule has 5 nitrogen and oxygen atoms in total. The Morgan fingerprint density at radius 2 is 1.56 bits per heavy atom. The van der Waals surface area contributed by atoms with Crippen LogP contribution in [0.1, 0.15) is 36.0 Å². The Balaban J connectivity index is 1.51. The molecule has 0 spiro atoms. The Hall–Kier alpha value is -2.53. The summed E-state index contributed by atoms with van der Waals surface area (Å²) in [7, 11) is 0. The lowest BCUT2D eigenvalue weighted by Crippen LogP contribution is -2.31. The van der Waals surface area contributed by atoms with Crippen LogP contribution in [-0.2, 0) is 4.79 Å². The third-order valence-electron chi connectivity index (χ3n) is 4.49. The van der Waals surface area contributed by atoms with Gasteiger partial charge in [0.05, 0.1) is 0 Å². The average molecular weight is 387 g/mol. The Labute approximate surface area is 164 Å². The van der Waals surface area contributed by atoms with E-state index in [1.807, 2.05) is 4.90 Å². The molecule has 0 aromatic heterocycles. The standard InChI is InChI=1S/C21H23ClN2O3/c22-17-7-11-19(12-8-17)27-15-20(25)23-18-9-5-16(6-10-18)21(26)24-13-3-1-2-4-14-24/h5-12H,1-4,13-15H2,(H,23,25). The molecular formula is C21H23ClN2O3. The first-order valence-electron chi connectivity index (χ1n) is 9.19. The SMILES string of the molecule is O=C(COc1ccc(Cl)cc1)Nc1ccc(C(=O)N2CCCCCC2)cc1. The van der Waals surface area contributed by atoms with Gasteiger partial charge in [-0.1, -0.05) is 24.4 Å². The summed E-state index contributed by atoms with van der Waals surface area (Å²) < 4.78 is 5.42. The zero-order valence-electron chi connectivity index (χ0n) is 15.1. The zero-order valence-corrected chi connectivity index (χ0v) is 15.9. The summed E-state index contributed by atoms with van der Waals surface area (Å²) in [6, 6.07) is 13.8. The van der Waals surface area contributed by atoms with Gasteiger partial charge in [-0.05, 0) is 61.4 Å². The number of ether oxygens (including phenoxy) is 1. The molecule has 0 bridgehead atoms. The van der Waals surface area contributed by atoms with Crippen molar-refractivity contribution in [1.82, 2.24) is 4.90 Å². The van der Waals surface area contributed by atoms with Gasteiger partial charge < -0.3 is 15.0 Å². The van der Waals surface area contributed by atoms with E-state index in [1.54, 1.807) is 48.5 Å². The molecule has 0 unspecified atom stereocenters. The van der Waals surface area contributed by atoms with Gasteiger partial charge in [0.25, 0.3) is 11.8 Å². The van der Waals surface area contributed by atoms with E-state index in [4.69, 9.17) is 16.3 Å². The maximum absolute atomic E-state index is 12.6. The molecule has 0 radical (unpaired) electrons. The molecule has 1 N–H and O–H groups in total. The second kappa shape index (κ2) is 9.42. The van der Waals surface area contributed by atoms with Gasteiger partial charge in [0, 0.05) is 29.4 Å². The average Bonchev–Trinajstić information content (AvgIpc) is 2.97. The summed E-state index contributed by atoms with van der Waals surface area (Å²) in [5.41, 5.74) is 1.28. The van der Waals surface area contributed by atoms with Gasteiger partial charge in [-0.25, -0.2) is 0 Å². The van der Waals surface area contributed by atoms with E-state index >= 15 is 0 Å². The minimum absolute atomic E-state index is 0.0563. The minimum Gasteiger partial charge on any atom is -0.484 e. The second-order valence-corrected chi connectivity index (χ2v) is 7.01. The molecular weight excluding hydrogens is 364 g/mol. The lowest BCUT2D eigenvalue weighted by molar-refractivity contribution is -0.118. The van der Waals surface area contributed by atoms with Crippen LogP contribution in [0.4, 0.5) is 5.69 Å². The molecule has 27 heavy (non-hydrogen) atoms. The quantitative estimate of drug-likeness (QED) is 0.829. The van der Waals surface area contributed by atoms with Crippen LogP contribution in [0, 0.1) is 0 Å². The van der Waals surface area contributed by atoms with E-state index in [0.717, 1.165) is 25.9 Å². The van der Waals surface area contributed by atoms with Crippen molar-refractivity contribution in [2.45, 2.75) is 25.7 Å². The lowest BCUT2D eigenvalue weighted by atomic mass is 10.1. The maximum Gasteiger partial charge on any atom is 0.262 e. The van der Waals surface area contributed by atoms with Crippen molar-refractivity contribution in [3.05, 3.63) is 59.1 Å². The third kappa shape index (κ3) is 5.73. The van der Waals surface area contributed by atoms with Crippen LogP contribution in [0.3, 0.4) is 0 Å². The van der Waals surface area contributed by atoms with Gasteiger partial charge in [0.1, 0.15) is 5.75 Å². The monoisotopic (exact) mass is 386 g/mol. The van der Waals surface area contributed by atoms with E-state index in [1.165, 1.54) is 12.8 Å². The highest BCUT2D eigenvalue weighted by Crippen LogP contribution is 2.17. The number of nitrogens with zero attached hydrogens (tertiary/aromatic N) is 1. The molecule has 6 heteroatoms. The normalized spacial score (nSPS) is 14.3. The highest BCUT2D eigenvalue weighted by Gasteiger charge is 2.17. The number of carbonyl (C=O) groups is 2. The summed E-state index contributed by atoms with van der Waals surface area (Å²) >= 11 is 5.81. The van der Waals surface area contributed by atoms with E-state index in [9.17, 15) is 9.59 Å². The van der Waals surface area contributed by atoms with E-state index < -0.39 is 0 Å². The van der Waals surface area contributed by atoms with Gasteiger partial charge >= 0.3 is 0 Å². The highest BCUT2D eigenvalue weighted by molar-refractivity contribution is 6.30. The number of rotatable bonds is 5. The van der Waals surface area contributed by atoms with Crippen molar-refractivity contribution in [1.29, 1.82) is 0 Å². The second-order valence-electron chi connectivity index (χ2n) is 6.57. The summed E-state index contributed by atoms with van der Waals surface area (Å²) in [5, 5.41) is 3.38. The number of hydrogen-bond donors (Lipinski definition) is 1. The van der Waals surface area contributed by atoms with Crippen molar-refractivity contribution < 1.29 is 14.3 Å². The molecule has 2 amide bonds. The maximum atomic E-state index is 12.6. The number of hydrogen-bond acceptors (Lipinski definition) is 3. The molecule has 0 atom stereocenters. The molecule has 1 fully saturated rings. The summed E-state index contributed by atoms with van der Waals surface area (Å²) in [4.78, 5) is 26.5. The van der Waals surface area contributed by atoms with Crippen LogP contribution in [0.25, 0.3) is 0 Å². The Morgan fingerprint density at radius 3 is 2.19 bits per heavy atom. The number of nitrogens with one attached hydrogen (secondary N) is 1. The van der Waals surface area contributed by atoms with Crippen molar-refractivity contribution in [2.75, 3.05) is 25.0 Å². The fourth-order valence-corrected chi connectivity index (χ4v) is 3.16. The summed E-state index contributed by atoms with van der Waals surface area (Å²) in [6.45, 7) is 1.54. The zero-order chi connectivity index (χ0) is 19.1. The molecule has 2 aromatic carbocycles. The highest BCUT2D eigenvalue weighted by atomic mass is 35.5. The fourth-order valence-electron chi connectivity index (χ4n) is 3.03. The number of amides is 2. The number of halogens is 1. The van der Waals surface area contributed by atoms with E-state index in [-0.39, 0.29) is 18.4 Å². The third-order valence-corrected chi connectivity index (χ3v) is 4.74.